The Bertz CT molecular complexity index is 513. The van der Waals surface area contributed by atoms with E-state index in [-0.39, 0.29) is 11.3 Å². The summed E-state index contributed by atoms with van der Waals surface area (Å²) >= 11 is 1.13. The van der Waals surface area contributed by atoms with Crippen LogP contribution in [0.25, 0.3) is 0 Å². The molecule has 0 unspecified atom stereocenters. The van der Waals surface area contributed by atoms with Crippen molar-refractivity contribution >= 4 is 23.4 Å². The van der Waals surface area contributed by atoms with E-state index in [1.54, 1.807) is 0 Å². The number of carbonyl (C=O) groups is 1. The molecule has 0 atom stereocenters. The molecule has 2 aromatic heterocycles. The Balaban J connectivity index is 2.29. The summed E-state index contributed by atoms with van der Waals surface area (Å²) in [5.74, 6) is -1.09. The molecule has 3 N–H and O–H groups in total. The summed E-state index contributed by atoms with van der Waals surface area (Å²) in [4.78, 5) is 18.7. The van der Waals surface area contributed by atoms with Crippen molar-refractivity contribution in [2.24, 2.45) is 0 Å². The van der Waals surface area contributed by atoms with Crippen molar-refractivity contribution in [3.63, 3.8) is 0 Å². The highest BCUT2D eigenvalue weighted by Gasteiger charge is 2.11. The van der Waals surface area contributed by atoms with Crippen LogP contribution >= 0.6 is 11.8 Å². The third-order valence-corrected chi connectivity index (χ3v) is 2.55. The maximum absolute atomic E-state index is 10.8. The smallest absolute Gasteiger partial charge is 0.337 e. The Morgan fingerprint density at radius 2 is 2.31 bits per heavy atom. The highest BCUT2D eigenvalue weighted by molar-refractivity contribution is 7.99. The number of nitrogens with two attached hydrogens (primary N) is 1. The van der Waals surface area contributed by atoms with Crippen LogP contribution in [-0.4, -0.2) is 21.0 Å². The molecule has 0 aliphatic heterocycles. The van der Waals surface area contributed by atoms with Gasteiger partial charge in [0.25, 0.3) is 5.22 Å². The molecule has 2 aromatic rings. The first-order valence-corrected chi connectivity index (χ1v) is 5.04. The fraction of sp³-hybridized carbons (Fsp3) is 0. The van der Waals surface area contributed by atoms with Crippen molar-refractivity contribution in [2.45, 2.75) is 10.2 Å². The fourth-order valence-corrected chi connectivity index (χ4v) is 1.72. The lowest BCUT2D eigenvalue weighted by Crippen LogP contribution is -2.03. The largest absolute Gasteiger partial charge is 0.478 e. The Morgan fingerprint density at radius 1 is 1.50 bits per heavy atom. The van der Waals surface area contributed by atoms with Crippen LogP contribution in [0.3, 0.4) is 0 Å². The predicted octanol–water partition coefficient (Wildman–Crippen LogP) is 1.50. The topological polar surface area (TPSA) is 102 Å². The molecule has 0 aliphatic carbocycles. The van der Waals surface area contributed by atoms with Gasteiger partial charge in [0.15, 0.2) is 0 Å². The molecule has 0 radical (unpaired) electrons. The van der Waals surface area contributed by atoms with Gasteiger partial charge >= 0.3 is 5.97 Å². The van der Waals surface area contributed by atoms with E-state index in [1.807, 2.05) is 0 Å². The van der Waals surface area contributed by atoms with E-state index >= 15 is 0 Å². The molecule has 7 heteroatoms. The van der Waals surface area contributed by atoms with E-state index in [4.69, 9.17) is 15.3 Å². The Kier molecular flexibility index (Phi) is 2.78. The highest BCUT2D eigenvalue weighted by Crippen LogP contribution is 2.26. The summed E-state index contributed by atoms with van der Waals surface area (Å²) in [5, 5.41) is 9.72. The SMILES string of the molecule is Nc1cnc(Sc2ncco2)cc1C(=O)O. The first kappa shape index (κ1) is 10.5. The summed E-state index contributed by atoms with van der Waals surface area (Å²) < 4.78 is 5.00. The van der Waals surface area contributed by atoms with Crippen molar-refractivity contribution in [2.75, 3.05) is 5.73 Å². The third kappa shape index (κ3) is 2.14. The molecular weight excluding hydrogens is 230 g/mol. The lowest BCUT2D eigenvalue weighted by Gasteiger charge is -2.01. The van der Waals surface area contributed by atoms with Crippen LogP contribution in [0.4, 0.5) is 5.69 Å². The molecule has 0 saturated carbocycles. The minimum Gasteiger partial charge on any atom is -0.478 e. The Labute approximate surface area is 94.5 Å². The predicted molar refractivity (Wildman–Crippen MR) is 56.2 cm³/mol. The maximum atomic E-state index is 10.8. The molecule has 6 nitrogen and oxygen atoms in total. The van der Waals surface area contributed by atoms with Crippen molar-refractivity contribution in [1.82, 2.24) is 9.97 Å². The van der Waals surface area contributed by atoms with Gasteiger partial charge in [0.05, 0.1) is 23.6 Å². The minimum absolute atomic E-state index is 0.0176. The average molecular weight is 237 g/mol. The lowest BCUT2D eigenvalue weighted by molar-refractivity contribution is 0.0697. The van der Waals surface area contributed by atoms with Crippen LogP contribution in [0.2, 0.25) is 0 Å². The summed E-state index contributed by atoms with van der Waals surface area (Å²) in [6.45, 7) is 0. The van der Waals surface area contributed by atoms with Crippen molar-refractivity contribution in [1.29, 1.82) is 0 Å². The number of nitrogens with zero attached hydrogens (tertiary/aromatic N) is 2. The van der Waals surface area contributed by atoms with Crippen LogP contribution in [0.15, 0.2) is 39.4 Å². The summed E-state index contributed by atoms with van der Waals surface area (Å²) in [6.07, 6.45) is 4.23. The molecule has 0 aromatic carbocycles. The molecule has 0 fully saturated rings. The van der Waals surface area contributed by atoms with Crippen LogP contribution < -0.4 is 5.73 Å². The van der Waals surface area contributed by atoms with Crippen LogP contribution in [-0.2, 0) is 0 Å². The van der Waals surface area contributed by atoms with Crippen LogP contribution in [0, 0.1) is 0 Å². The number of aromatic carboxylic acids is 1. The fourth-order valence-electron chi connectivity index (χ4n) is 1.04. The minimum atomic E-state index is -1.09. The molecule has 16 heavy (non-hydrogen) atoms. The summed E-state index contributed by atoms with van der Waals surface area (Å²) in [7, 11) is 0. The maximum Gasteiger partial charge on any atom is 0.337 e. The number of anilines is 1. The molecular formula is C9H7N3O3S. The van der Waals surface area contributed by atoms with Crippen molar-refractivity contribution in [3.8, 4) is 0 Å². The molecule has 0 aliphatic rings. The molecule has 2 heterocycles. The van der Waals surface area contributed by atoms with Gasteiger partial charge < -0.3 is 15.3 Å². The van der Waals surface area contributed by atoms with E-state index in [0.717, 1.165) is 11.8 Å². The summed E-state index contributed by atoms with van der Waals surface area (Å²) in [6, 6.07) is 1.38. The zero-order chi connectivity index (χ0) is 11.5. The average Bonchev–Trinajstić information content (AvgIpc) is 2.73. The number of carboxylic acid groups (broad SMARTS) is 1. The second-order valence-electron chi connectivity index (χ2n) is 2.82. The number of carboxylic acids is 1. The first-order chi connectivity index (χ1) is 7.66. The van der Waals surface area contributed by atoms with Crippen molar-refractivity contribution < 1.29 is 14.3 Å². The van der Waals surface area contributed by atoms with Gasteiger partial charge in [-0.1, -0.05) is 0 Å². The first-order valence-electron chi connectivity index (χ1n) is 4.23. The molecule has 0 bridgehead atoms. The van der Waals surface area contributed by atoms with Gasteiger partial charge in [-0.25, -0.2) is 14.8 Å². The van der Waals surface area contributed by atoms with Gasteiger partial charge in [0, 0.05) is 0 Å². The zero-order valence-corrected chi connectivity index (χ0v) is 8.77. The monoisotopic (exact) mass is 237 g/mol. The third-order valence-electron chi connectivity index (χ3n) is 1.74. The number of aromatic nitrogens is 2. The number of hydrogen-bond donors (Lipinski definition) is 2. The van der Waals surface area contributed by atoms with E-state index in [9.17, 15) is 4.79 Å². The van der Waals surface area contributed by atoms with E-state index < -0.39 is 5.97 Å². The summed E-state index contributed by atoms with van der Waals surface area (Å²) in [5.41, 5.74) is 5.62. The van der Waals surface area contributed by atoms with Crippen LogP contribution in [0.1, 0.15) is 10.4 Å². The van der Waals surface area contributed by atoms with Gasteiger partial charge in [0.1, 0.15) is 11.3 Å². The Morgan fingerprint density at radius 3 is 2.94 bits per heavy atom. The van der Waals surface area contributed by atoms with Gasteiger partial charge in [-0.15, -0.1) is 0 Å². The highest BCUT2D eigenvalue weighted by atomic mass is 32.2. The normalized spacial score (nSPS) is 10.2. The van der Waals surface area contributed by atoms with Gasteiger partial charge in [-0.05, 0) is 17.8 Å². The number of oxazole rings is 1. The number of nitrogen functional groups attached to an aromatic ring is 1. The second kappa shape index (κ2) is 4.23. The second-order valence-corrected chi connectivity index (χ2v) is 3.79. The molecule has 0 spiro atoms. The molecule has 2 rings (SSSR count). The number of hydrogen-bond acceptors (Lipinski definition) is 6. The van der Waals surface area contributed by atoms with E-state index in [2.05, 4.69) is 9.97 Å². The van der Waals surface area contributed by atoms with Gasteiger partial charge in [-0.2, -0.15) is 0 Å². The lowest BCUT2D eigenvalue weighted by atomic mass is 10.2. The van der Waals surface area contributed by atoms with E-state index in [1.165, 1.54) is 24.7 Å². The van der Waals surface area contributed by atoms with Crippen LogP contribution in [0.5, 0.6) is 0 Å². The molecule has 0 amide bonds. The van der Waals surface area contributed by atoms with Gasteiger partial charge in [0.2, 0.25) is 0 Å². The zero-order valence-electron chi connectivity index (χ0n) is 7.95. The standard InChI is InChI=1S/C9H7N3O3S/c10-6-4-12-7(3-5(6)8(13)14)16-9-11-1-2-15-9/h1-4H,10H2,(H,13,14). The number of pyridine rings is 1. The van der Waals surface area contributed by atoms with Crippen molar-refractivity contribution in [3.05, 3.63) is 30.3 Å². The molecule has 0 saturated heterocycles. The van der Waals surface area contributed by atoms with Gasteiger partial charge in [-0.3, -0.25) is 0 Å². The quantitative estimate of drug-likeness (QED) is 0.833. The Hall–Kier alpha value is -2.02. The van der Waals surface area contributed by atoms with E-state index in [0.29, 0.717) is 10.2 Å². The molecule has 82 valence electrons. The number of rotatable bonds is 3.